The third kappa shape index (κ3) is 6.45. The van der Waals surface area contributed by atoms with Gasteiger partial charge in [0.25, 0.3) is 0 Å². The third-order valence-corrected chi connectivity index (χ3v) is 5.70. The minimum Gasteiger partial charge on any atom is -0.343 e. The number of piperidine rings is 2. The largest absolute Gasteiger partial charge is 0.343 e. The Morgan fingerprint density at radius 1 is 1.09 bits per heavy atom. The van der Waals surface area contributed by atoms with Crippen molar-refractivity contribution in [3.63, 3.8) is 0 Å². The predicted octanol–water partition coefficient (Wildman–Crippen LogP) is 4.08. The molecule has 2 rings (SSSR count). The molecule has 23 heavy (non-hydrogen) atoms. The highest BCUT2D eigenvalue weighted by Crippen LogP contribution is 2.34. The molecule has 3 nitrogen and oxygen atoms in total. The van der Waals surface area contributed by atoms with Gasteiger partial charge >= 0.3 is 0 Å². The molecule has 3 heteroatoms. The summed E-state index contributed by atoms with van der Waals surface area (Å²) in [7, 11) is 0. The zero-order valence-corrected chi connectivity index (χ0v) is 15.9. The Morgan fingerprint density at radius 3 is 2.26 bits per heavy atom. The lowest BCUT2D eigenvalue weighted by Crippen LogP contribution is -2.41. The average molecular weight is 323 g/mol. The Hall–Kier alpha value is -0.570. The summed E-state index contributed by atoms with van der Waals surface area (Å²) in [6.45, 7) is 13.5. The molecule has 0 unspecified atom stereocenters. The summed E-state index contributed by atoms with van der Waals surface area (Å²) in [4.78, 5) is 14.8. The zero-order valence-electron chi connectivity index (χ0n) is 15.9. The first-order valence-electron chi connectivity index (χ1n) is 9.84. The molecule has 0 aromatic rings. The lowest BCUT2D eigenvalue weighted by molar-refractivity contribution is -0.135. The summed E-state index contributed by atoms with van der Waals surface area (Å²) >= 11 is 0. The third-order valence-electron chi connectivity index (χ3n) is 5.70. The monoisotopic (exact) mass is 322 g/mol. The van der Waals surface area contributed by atoms with Gasteiger partial charge in [-0.05, 0) is 74.8 Å². The van der Waals surface area contributed by atoms with E-state index in [1.54, 1.807) is 0 Å². The van der Waals surface area contributed by atoms with Crippen LogP contribution < -0.4 is 5.32 Å². The van der Waals surface area contributed by atoms with Gasteiger partial charge in [-0.1, -0.05) is 27.7 Å². The fraction of sp³-hybridized carbons (Fsp3) is 0.950. The number of amides is 1. The summed E-state index contributed by atoms with van der Waals surface area (Å²) in [6.07, 6.45) is 8.22. The van der Waals surface area contributed by atoms with Crippen molar-refractivity contribution in [1.82, 2.24) is 10.2 Å². The minimum absolute atomic E-state index is 0.147. The van der Waals surface area contributed by atoms with Crippen molar-refractivity contribution in [3.8, 4) is 0 Å². The standard InChI is InChI=1S/C20H38N2O/c1-16(2)13-17-7-11-22(12-8-17)19(23)15-20(3,4)14-18-5-9-21-10-6-18/h16-18,21H,5-15H2,1-4H3. The number of hydrogen-bond donors (Lipinski definition) is 1. The van der Waals surface area contributed by atoms with Gasteiger partial charge in [0.05, 0.1) is 0 Å². The van der Waals surface area contributed by atoms with E-state index in [0.29, 0.717) is 5.91 Å². The van der Waals surface area contributed by atoms with Crippen molar-refractivity contribution in [2.75, 3.05) is 26.2 Å². The van der Waals surface area contributed by atoms with Crippen molar-refractivity contribution in [1.29, 1.82) is 0 Å². The smallest absolute Gasteiger partial charge is 0.223 e. The second-order valence-corrected chi connectivity index (χ2v) is 9.19. The molecule has 0 bridgehead atoms. The Bertz CT molecular complexity index is 364. The molecule has 2 fully saturated rings. The molecule has 0 atom stereocenters. The Balaban J connectivity index is 1.75. The van der Waals surface area contributed by atoms with Crippen molar-refractivity contribution in [3.05, 3.63) is 0 Å². The van der Waals surface area contributed by atoms with Gasteiger partial charge in [-0.25, -0.2) is 0 Å². The van der Waals surface area contributed by atoms with E-state index in [2.05, 4.69) is 37.9 Å². The van der Waals surface area contributed by atoms with Gasteiger partial charge in [-0.2, -0.15) is 0 Å². The molecule has 2 saturated heterocycles. The normalized spacial score (nSPS) is 21.9. The Labute approximate surface area is 143 Å². The quantitative estimate of drug-likeness (QED) is 0.799. The molecule has 0 radical (unpaired) electrons. The van der Waals surface area contributed by atoms with E-state index < -0.39 is 0 Å². The number of hydrogen-bond acceptors (Lipinski definition) is 2. The van der Waals surface area contributed by atoms with E-state index in [-0.39, 0.29) is 5.41 Å². The van der Waals surface area contributed by atoms with Crippen molar-refractivity contribution in [2.24, 2.45) is 23.2 Å². The first-order valence-corrected chi connectivity index (χ1v) is 9.84. The molecule has 0 saturated carbocycles. The maximum atomic E-state index is 12.7. The fourth-order valence-electron chi connectivity index (χ4n) is 4.55. The van der Waals surface area contributed by atoms with Crippen molar-refractivity contribution in [2.45, 2.75) is 72.6 Å². The van der Waals surface area contributed by atoms with Gasteiger partial charge < -0.3 is 10.2 Å². The van der Waals surface area contributed by atoms with Crippen LogP contribution in [0.2, 0.25) is 0 Å². The van der Waals surface area contributed by atoms with Crippen LogP contribution in [0.3, 0.4) is 0 Å². The minimum atomic E-state index is 0.147. The summed E-state index contributed by atoms with van der Waals surface area (Å²) in [5.41, 5.74) is 0.147. The second kappa shape index (κ2) is 8.50. The summed E-state index contributed by atoms with van der Waals surface area (Å²) in [5, 5.41) is 3.44. The van der Waals surface area contributed by atoms with Gasteiger partial charge in [0.2, 0.25) is 5.91 Å². The molecular weight excluding hydrogens is 284 g/mol. The second-order valence-electron chi connectivity index (χ2n) is 9.19. The van der Waals surface area contributed by atoms with E-state index in [9.17, 15) is 4.79 Å². The number of nitrogens with one attached hydrogen (secondary N) is 1. The fourth-order valence-corrected chi connectivity index (χ4v) is 4.55. The van der Waals surface area contributed by atoms with Gasteiger partial charge in [0.15, 0.2) is 0 Å². The molecular formula is C20H38N2O. The van der Waals surface area contributed by atoms with E-state index in [1.165, 1.54) is 38.5 Å². The van der Waals surface area contributed by atoms with Crippen LogP contribution in [0.15, 0.2) is 0 Å². The lowest BCUT2D eigenvalue weighted by Gasteiger charge is -2.36. The van der Waals surface area contributed by atoms with Crippen LogP contribution in [-0.4, -0.2) is 37.0 Å². The molecule has 2 heterocycles. The van der Waals surface area contributed by atoms with E-state index in [1.807, 2.05) is 0 Å². The first kappa shape index (κ1) is 18.8. The summed E-state index contributed by atoms with van der Waals surface area (Å²) in [5.74, 6) is 2.82. The number of nitrogens with zero attached hydrogens (tertiary/aromatic N) is 1. The van der Waals surface area contributed by atoms with Gasteiger partial charge in [0, 0.05) is 19.5 Å². The zero-order chi connectivity index (χ0) is 16.9. The molecule has 134 valence electrons. The number of carbonyl (C=O) groups excluding carboxylic acids is 1. The van der Waals surface area contributed by atoms with Gasteiger partial charge in [-0.3, -0.25) is 4.79 Å². The Morgan fingerprint density at radius 2 is 1.70 bits per heavy atom. The van der Waals surface area contributed by atoms with Crippen molar-refractivity contribution < 1.29 is 4.79 Å². The van der Waals surface area contributed by atoms with Crippen LogP contribution in [0.1, 0.15) is 72.6 Å². The molecule has 0 spiro atoms. The number of carbonyl (C=O) groups is 1. The SMILES string of the molecule is CC(C)CC1CCN(C(=O)CC(C)(C)CC2CCNCC2)CC1. The van der Waals surface area contributed by atoms with Crippen LogP contribution in [-0.2, 0) is 4.79 Å². The van der Waals surface area contributed by atoms with Crippen molar-refractivity contribution >= 4 is 5.91 Å². The topological polar surface area (TPSA) is 32.3 Å². The molecule has 1 amide bonds. The molecule has 0 aromatic carbocycles. The highest BCUT2D eigenvalue weighted by Gasteiger charge is 2.30. The van der Waals surface area contributed by atoms with Crippen LogP contribution >= 0.6 is 0 Å². The lowest BCUT2D eigenvalue weighted by atomic mass is 9.76. The number of likely N-dealkylation sites (tertiary alicyclic amines) is 1. The number of rotatable bonds is 6. The van der Waals surface area contributed by atoms with E-state index in [4.69, 9.17) is 0 Å². The molecule has 1 N–H and O–H groups in total. The summed E-state index contributed by atoms with van der Waals surface area (Å²) < 4.78 is 0. The van der Waals surface area contributed by atoms with Crippen LogP contribution in [0.5, 0.6) is 0 Å². The summed E-state index contributed by atoms with van der Waals surface area (Å²) in [6, 6.07) is 0. The van der Waals surface area contributed by atoms with Crippen LogP contribution in [0.25, 0.3) is 0 Å². The highest BCUT2D eigenvalue weighted by molar-refractivity contribution is 5.76. The molecule has 0 aromatic heterocycles. The average Bonchev–Trinajstić information content (AvgIpc) is 2.47. The van der Waals surface area contributed by atoms with E-state index in [0.717, 1.165) is 50.4 Å². The molecule has 2 aliphatic heterocycles. The van der Waals surface area contributed by atoms with Gasteiger partial charge in [-0.15, -0.1) is 0 Å². The first-order chi connectivity index (χ1) is 10.9. The van der Waals surface area contributed by atoms with Gasteiger partial charge in [0.1, 0.15) is 0 Å². The molecule has 2 aliphatic rings. The maximum absolute atomic E-state index is 12.7. The maximum Gasteiger partial charge on any atom is 0.223 e. The van der Waals surface area contributed by atoms with E-state index >= 15 is 0 Å². The molecule has 0 aliphatic carbocycles. The van der Waals surface area contributed by atoms with Crippen LogP contribution in [0, 0.1) is 23.2 Å². The Kier molecular flexibility index (Phi) is 6.94. The van der Waals surface area contributed by atoms with Crippen LogP contribution in [0.4, 0.5) is 0 Å². The highest BCUT2D eigenvalue weighted by atomic mass is 16.2. The predicted molar refractivity (Wildman–Crippen MR) is 97.4 cm³/mol.